The minimum atomic E-state index is 0.355. The van der Waals surface area contributed by atoms with Gasteiger partial charge in [-0.15, -0.1) is 0 Å². The van der Waals surface area contributed by atoms with Gasteiger partial charge in [0.1, 0.15) is 0 Å². The van der Waals surface area contributed by atoms with Gasteiger partial charge in [0.05, 0.1) is 0 Å². The average Bonchev–Trinajstić information content (AvgIpc) is 2.50. The van der Waals surface area contributed by atoms with E-state index in [-0.39, 0.29) is 0 Å². The summed E-state index contributed by atoms with van der Waals surface area (Å²) in [4.78, 5) is 0. The quantitative estimate of drug-likeness (QED) is 0.849. The summed E-state index contributed by atoms with van der Waals surface area (Å²) >= 11 is 0. The van der Waals surface area contributed by atoms with Gasteiger partial charge in [-0.3, -0.25) is 0 Å². The highest BCUT2D eigenvalue weighted by Gasteiger charge is 2.34. The molecule has 2 saturated carbocycles. The van der Waals surface area contributed by atoms with Crippen LogP contribution in [0.3, 0.4) is 0 Å². The zero-order chi connectivity index (χ0) is 14.8. The van der Waals surface area contributed by atoms with E-state index in [2.05, 4.69) is 32.0 Å². The summed E-state index contributed by atoms with van der Waals surface area (Å²) in [5.74, 6) is 2.77. The number of hydrogen-bond acceptors (Lipinski definition) is 1. The molecule has 21 heavy (non-hydrogen) atoms. The van der Waals surface area contributed by atoms with Gasteiger partial charge in [0.2, 0.25) is 0 Å². The molecule has 2 aliphatic rings. The van der Waals surface area contributed by atoms with E-state index < -0.39 is 0 Å². The molecule has 1 aromatic rings. The lowest BCUT2D eigenvalue weighted by Crippen LogP contribution is -2.39. The van der Waals surface area contributed by atoms with Gasteiger partial charge in [0.15, 0.2) is 0 Å². The fourth-order valence-corrected chi connectivity index (χ4v) is 4.74. The lowest BCUT2D eigenvalue weighted by atomic mass is 9.65. The van der Waals surface area contributed by atoms with E-state index >= 15 is 0 Å². The summed E-state index contributed by atoms with van der Waals surface area (Å²) in [6.45, 7) is 4.40. The Labute approximate surface area is 130 Å². The van der Waals surface area contributed by atoms with Crippen LogP contribution in [0.1, 0.15) is 61.6 Å². The molecule has 0 aliphatic heterocycles. The molecule has 0 spiro atoms. The minimum absolute atomic E-state index is 0.355. The van der Waals surface area contributed by atoms with Gasteiger partial charge < -0.3 is 5.73 Å². The van der Waals surface area contributed by atoms with E-state index in [1.54, 1.807) is 0 Å². The third-order valence-corrected chi connectivity index (χ3v) is 6.15. The van der Waals surface area contributed by atoms with Crippen LogP contribution in [-0.2, 0) is 6.42 Å². The number of hydrogen-bond donors (Lipinski definition) is 1. The van der Waals surface area contributed by atoms with Crippen molar-refractivity contribution >= 4 is 0 Å². The Kier molecular flexibility index (Phi) is 4.69. The molecule has 116 valence electrons. The Bertz CT molecular complexity index is 479. The Morgan fingerprint density at radius 3 is 2.62 bits per heavy atom. The molecule has 0 aromatic heterocycles. The fourth-order valence-electron chi connectivity index (χ4n) is 4.74. The van der Waals surface area contributed by atoms with Crippen molar-refractivity contribution < 1.29 is 0 Å². The van der Waals surface area contributed by atoms with Crippen molar-refractivity contribution in [2.75, 3.05) is 0 Å². The molecule has 4 unspecified atom stereocenters. The van der Waals surface area contributed by atoms with Crippen molar-refractivity contribution in [3.8, 4) is 0 Å². The second-order valence-corrected chi connectivity index (χ2v) is 7.68. The normalized spacial score (nSPS) is 30.7. The lowest BCUT2D eigenvalue weighted by molar-refractivity contribution is 0.117. The third kappa shape index (κ3) is 3.51. The minimum Gasteiger partial charge on any atom is -0.327 e. The van der Waals surface area contributed by atoms with E-state index in [0.29, 0.717) is 6.04 Å². The third-order valence-electron chi connectivity index (χ3n) is 6.15. The van der Waals surface area contributed by atoms with Gasteiger partial charge >= 0.3 is 0 Å². The highest BCUT2D eigenvalue weighted by atomic mass is 14.7. The first kappa shape index (κ1) is 15.1. The number of fused-ring (bicyclic) bond motifs is 1. The molecule has 0 saturated heterocycles. The van der Waals surface area contributed by atoms with E-state index in [4.69, 9.17) is 5.73 Å². The fraction of sp³-hybridized carbons (Fsp3) is 0.700. The lowest BCUT2D eigenvalue weighted by Gasteiger charge is -2.41. The topological polar surface area (TPSA) is 26.0 Å². The molecule has 1 heteroatoms. The van der Waals surface area contributed by atoms with Crippen LogP contribution >= 0.6 is 0 Å². The van der Waals surface area contributed by atoms with Crippen LogP contribution in [0, 0.1) is 31.6 Å². The molecule has 2 aliphatic carbocycles. The van der Waals surface area contributed by atoms with Crippen molar-refractivity contribution in [1.29, 1.82) is 0 Å². The van der Waals surface area contributed by atoms with Crippen molar-refractivity contribution in [1.82, 2.24) is 0 Å². The smallest absolute Gasteiger partial charge is 0.0108 e. The van der Waals surface area contributed by atoms with Crippen molar-refractivity contribution in [2.45, 2.75) is 71.3 Å². The zero-order valence-corrected chi connectivity index (χ0v) is 13.8. The first-order chi connectivity index (χ1) is 10.1. The predicted molar refractivity (Wildman–Crippen MR) is 90.4 cm³/mol. The van der Waals surface area contributed by atoms with Crippen molar-refractivity contribution in [3.05, 3.63) is 34.9 Å². The average molecular weight is 285 g/mol. The molecule has 4 atom stereocenters. The summed E-state index contributed by atoms with van der Waals surface area (Å²) in [7, 11) is 0. The monoisotopic (exact) mass is 285 g/mol. The van der Waals surface area contributed by atoms with Gasteiger partial charge in [-0.1, -0.05) is 49.4 Å². The summed E-state index contributed by atoms with van der Waals surface area (Å²) in [5, 5.41) is 0. The summed E-state index contributed by atoms with van der Waals surface area (Å²) in [6.07, 6.45) is 11.2. The van der Waals surface area contributed by atoms with Crippen LogP contribution in [0.5, 0.6) is 0 Å². The molecule has 0 heterocycles. The Morgan fingerprint density at radius 2 is 1.81 bits per heavy atom. The Morgan fingerprint density at radius 1 is 1.05 bits per heavy atom. The molecule has 1 nitrogen and oxygen atoms in total. The molecule has 0 radical (unpaired) electrons. The molecular formula is C20H31N. The van der Waals surface area contributed by atoms with Gasteiger partial charge in [-0.05, 0) is 68.4 Å². The maximum atomic E-state index is 6.62. The molecule has 2 N–H and O–H groups in total. The van der Waals surface area contributed by atoms with Gasteiger partial charge in [-0.25, -0.2) is 0 Å². The van der Waals surface area contributed by atoms with Crippen molar-refractivity contribution in [3.63, 3.8) is 0 Å². The number of benzene rings is 1. The van der Waals surface area contributed by atoms with Crippen LogP contribution in [0.15, 0.2) is 18.2 Å². The van der Waals surface area contributed by atoms with E-state index in [1.165, 1.54) is 61.6 Å². The largest absolute Gasteiger partial charge is 0.327 e. The van der Waals surface area contributed by atoms with Crippen molar-refractivity contribution in [2.24, 2.45) is 23.5 Å². The summed E-state index contributed by atoms with van der Waals surface area (Å²) in [5.41, 5.74) is 10.9. The summed E-state index contributed by atoms with van der Waals surface area (Å²) < 4.78 is 0. The SMILES string of the molecule is Cc1ccc(C)c(CC(N)C2CCC3CCCCC3C2)c1. The molecule has 2 fully saturated rings. The number of aryl methyl sites for hydroxylation is 2. The molecule has 1 aromatic carbocycles. The van der Waals surface area contributed by atoms with Crippen LogP contribution in [0.25, 0.3) is 0 Å². The maximum absolute atomic E-state index is 6.62. The predicted octanol–water partition coefficient (Wildman–Crippen LogP) is 4.78. The van der Waals surface area contributed by atoms with Crippen LogP contribution in [-0.4, -0.2) is 6.04 Å². The first-order valence-electron chi connectivity index (χ1n) is 8.95. The van der Waals surface area contributed by atoms with E-state index in [0.717, 1.165) is 24.2 Å². The highest BCUT2D eigenvalue weighted by Crippen LogP contribution is 2.43. The second kappa shape index (κ2) is 6.52. The number of nitrogens with two attached hydrogens (primary N) is 1. The Balaban J connectivity index is 1.62. The van der Waals surface area contributed by atoms with E-state index in [9.17, 15) is 0 Å². The van der Waals surface area contributed by atoms with Gasteiger partial charge in [0, 0.05) is 6.04 Å². The van der Waals surface area contributed by atoms with Gasteiger partial charge in [0.25, 0.3) is 0 Å². The Hall–Kier alpha value is -0.820. The molecule has 0 amide bonds. The van der Waals surface area contributed by atoms with Crippen LogP contribution in [0.2, 0.25) is 0 Å². The van der Waals surface area contributed by atoms with E-state index in [1.807, 2.05) is 0 Å². The molecule has 3 rings (SSSR count). The summed E-state index contributed by atoms with van der Waals surface area (Å²) in [6, 6.07) is 7.14. The molecule has 0 bridgehead atoms. The second-order valence-electron chi connectivity index (χ2n) is 7.68. The standard InChI is InChI=1S/C20H31N/c1-14-7-8-15(2)19(11-14)13-20(21)18-10-9-16-5-3-4-6-17(16)12-18/h7-8,11,16-18,20H,3-6,9-10,12-13,21H2,1-2H3. The maximum Gasteiger partial charge on any atom is 0.0108 e. The van der Waals surface area contributed by atoms with Crippen LogP contribution in [0.4, 0.5) is 0 Å². The highest BCUT2D eigenvalue weighted by molar-refractivity contribution is 5.31. The zero-order valence-electron chi connectivity index (χ0n) is 13.8. The first-order valence-corrected chi connectivity index (χ1v) is 8.95. The number of rotatable bonds is 3. The van der Waals surface area contributed by atoms with Gasteiger partial charge in [-0.2, -0.15) is 0 Å². The van der Waals surface area contributed by atoms with Crippen LogP contribution < -0.4 is 5.73 Å². The molecular weight excluding hydrogens is 254 g/mol.